The molecule has 0 aliphatic carbocycles. The lowest BCUT2D eigenvalue weighted by Gasteiger charge is -2.29. The van der Waals surface area contributed by atoms with E-state index in [4.69, 9.17) is 0 Å². The molecule has 108 valence electrons. The zero-order valence-corrected chi connectivity index (χ0v) is 13.4. The molecule has 2 atom stereocenters. The largest absolute Gasteiger partial charge is 0.313 e. The monoisotopic (exact) mass is 261 g/mol. The summed E-state index contributed by atoms with van der Waals surface area (Å²) in [5.74, 6) is 0.817. The average molecular weight is 261 g/mol. The van der Waals surface area contributed by atoms with Crippen molar-refractivity contribution in [2.45, 2.75) is 65.3 Å². The van der Waals surface area contributed by atoms with Gasteiger partial charge in [0.15, 0.2) is 0 Å². The average Bonchev–Trinajstić information content (AvgIpc) is 2.44. The van der Waals surface area contributed by atoms with Gasteiger partial charge < -0.3 is 5.32 Å². The van der Waals surface area contributed by atoms with E-state index in [9.17, 15) is 0 Å². The van der Waals surface area contributed by atoms with Crippen LogP contribution in [-0.2, 0) is 5.41 Å². The minimum Gasteiger partial charge on any atom is -0.313 e. The van der Waals surface area contributed by atoms with E-state index in [1.807, 2.05) is 0 Å². The molecule has 0 heterocycles. The van der Waals surface area contributed by atoms with Gasteiger partial charge in [0.25, 0.3) is 0 Å². The van der Waals surface area contributed by atoms with Gasteiger partial charge in [-0.3, -0.25) is 0 Å². The molecule has 0 saturated heterocycles. The summed E-state index contributed by atoms with van der Waals surface area (Å²) in [4.78, 5) is 0. The minimum absolute atomic E-state index is 0.199. The van der Waals surface area contributed by atoms with Crippen LogP contribution in [0.1, 0.15) is 59.4 Å². The highest BCUT2D eigenvalue weighted by atomic mass is 14.9. The van der Waals surface area contributed by atoms with E-state index in [-0.39, 0.29) is 5.41 Å². The summed E-state index contributed by atoms with van der Waals surface area (Å²) in [6.07, 6.45) is 3.79. The van der Waals surface area contributed by atoms with Crippen LogP contribution in [0.4, 0.5) is 0 Å². The normalized spacial score (nSPS) is 15.2. The summed E-state index contributed by atoms with van der Waals surface area (Å²) in [5, 5.41) is 3.77. The van der Waals surface area contributed by atoms with Crippen molar-refractivity contribution in [2.75, 3.05) is 6.54 Å². The SMILES string of the molecule is CCC(C)CC(CC)NCC(C)(C)c1ccccc1. The maximum absolute atomic E-state index is 3.77. The first kappa shape index (κ1) is 16.2. The van der Waals surface area contributed by atoms with E-state index in [1.54, 1.807) is 0 Å². The Morgan fingerprint density at radius 1 is 1.05 bits per heavy atom. The molecule has 1 aromatic rings. The van der Waals surface area contributed by atoms with Crippen LogP contribution >= 0.6 is 0 Å². The molecule has 0 aromatic heterocycles. The van der Waals surface area contributed by atoms with Gasteiger partial charge in [-0.1, -0.05) is 71.4 Å². The first-order chi connectivity index (χ1) is 8.99. The topological polar surface area (TPSA) is 12.0 Å². The van der Waals surface area contributed by atoms with E-state index in [2.05, 4.69) is 70.3 Å². The van der Waals surface area contributed by atoms with Crippen LogP contribution in [0.25, 0.3) is 0 Å². The Morgan fingerprint density at radius 3 is 2.21 bits per heavy atom. The lowest BCUT2D eigenvalue weighted by Crippen LogP contribution is -2.39. The molecule has 1 aromatic carbocycles. The van der Waals surface area contributed by atoms with E-state index in [0.717, 1.165) is 12.5 Å². The first-order valence-corrected chi connectivity index (χ1v) is 7.78. The maximum Gasteiger partial charge on any atom is 0.00673 e. The number of benzene rings is 1. The molecule has 1 rings (SSSR count). The third-order valence-corrected chi connectivity index (χ3v) is 4.26. The lowest BCUT2D eigenvalue weighted by molar-refractivity contribution is 0.351. The van der Waals surface area contributed by atoms with Crippen molar-refractivity contribution in [3.63, 3.8) is 0 Å². The second-order valence-electron chi connectivity index (χ2n) is 6.49. The number of hydrogen-bond acceptors (Lipinski definition) is 1. The van der Waals surface area contributed by atoms with Crippen molar-refractivity contribution in [3.8, 4) is 0 Å². The quantitative estimate of drug-likeness (QED) is 0.711. The highest BCUT2D eigenvalue weighted by Gasteiger charge is 2.21. The standard InChI is InChI=1S/C18H31N/c1-6-15(3)13-17(7-2)19-14-18(4,5)16-11-9-8-10-12-16/h8-12,15,17,19H,6-7,13-14H2,1-5H3. The van der Waals surface area contributed by atoms with Crippen molar-refractivity contribution in [1.29, 1.82) is 0 Å². The van der Waals surface area contributed by atoms with Gasteiger partial charge in [-0.25, -0.2) is 0 Å². The lowest BCUT2D eigenvalue weighted by atomic mass is 9.84. The minimum atomic E-state index is 0.199. The molecule has 0 saturated carbocycles. The molecule has 0 spiro atoms. The predicted molar refractivity (Wildman–Crippen MR) is 85.6 cm³/mol. The zero-order valence-electron chi connectivity index (χ0n) is 13.4. The summed E-state index contributed by atoms with van der Waals surface area (Å²) in [6.45, 7) is 12.6. The molecular formula is C18H31N. The van der Waals surface area contributed by atoms with E-state index < -0.39 is 0 Å². The molecule has 19 heavy (non-hydrogen) atoms. The summed E-state index contributed by atoms with van der Waals surface area (Å²) < 4.78 is 0. The third-order valence-electron chi connectivity index (χ3n) is 4.26. The molecule has 2 unspecified atom stereocenters. The predicted octanol–water partition coefficient (Wildman–Crippen LogP) is 4.77. The van der Waals surface area contributed by atoms with Crippen LogP contribution in [0, 0.1) is 5.92 Å². The molecular weight excluding hydrogens is 230 g/mol. The molecule has 1 nitrogen and oxygen atoms in total. The van der Waals surface area contributed by atoms with Crippen LogP contribution in [0.2, 0.25) is 0 Å². The molecule has 0 aliphatic heterocycles. The molecule has 0 fully saturated rings. The van der Waals surface area contributed by atoms with Gasteiger partial charge in [0, 0.05) is 18.0 Å². The Morgan fingerprint density at radius 2 is 1.68 bits per heavy atom. The zero-order chi connectivity index (χ0) is 14.3. The van der Waals surface area contributed by atoms with Gasteiger partial charge in [-0.15, -0.1) is 0 Å². The Kier molecular flexibility index (Phi) is 6.57. The molecule has 1 N–H and O–H groups in total. The Labute approximate surface area is 119 Å². The molecule has 0 amide bonds. The van der Waals surface area contributed by atoms with Crippen molar-refractivity contribution in [3.05, 3.63) is 35.9 Å². The fourth-order valence-electron chi connectivity index (χ4n) is 2.44. The second kappa shape index (κ2) is 7.69. The number of rotatable bonds is 8. The van der Waals surface area contributed by atoms with E-state index >= 15 is 0 Å². The summed E-state index contributed by atoms with van der Waals surface area (Å²) in [7, 11) is 0. The Bertz CT molecular complexity index is 342. The Hall–Kier alpha value is -0.820. The van der Waals surface area contributed by atoms with Gasteiger partial charge in [-0.2, -0.15) is 0 Å². The summed E-state index contributed by atoms with van der Waals surface area (Å²) in [5.41, 5.74) is 1.62. The van der Waals surface area contributed by atoms with Crippen LogP contribution in [0.5, 0.6) is 0 Å². The second-order valence-corrected chi connectivity index (χ2v) is 6.49. The van der Waals surface area contributed by atoms with E-state index in [1.165, 1.54) is 24.8 Å². The molecule has 1 heteroatoms. The number of hydrogen-bond donors (Lipinski definition) is 1. The molecule has 0 radical (unpaired) electrons. The van der Waals surface area contributed by atoms with Crippen LogP contribution in [-0.4, -0.2) is 12.6 Å². The maximum atomic E-state index is 3.77. The van der Waals surface area contributed by atoms with Gasteiger partial charge in [0.05, 0.1) is 0 Å². The third kappa shape index (κ3) is 5.36. The summed E-state index contributed by atoms with van der Waals surface area (Å²) >= 11 is 0. The van der Waals surface area contributed by atoms with Crippen LogP contribution in [0.15, 0.2) is 30.3 Å². The van der Waals surface area contributed by atoms with Gasteiger partial charge >= 0.3 is 0 Å². The van der Waals surface area contributed by atoms with Gasteiger partial charge in [0.1, 0.15) is 0 Å². The van der Waals surface area contributed by atoms with Crippen molar-refractivity contribution in [2.24, 2.45) is 5.92 Å². The smallest absolute Gasteiger partial charge is 0.00673 e. The highest BCUT2D eigenvalue weighted by molar-refractivity contribution is 5.23. The highest BCUT2D eigenvalue weighted by Crippen LogP contribution is 2.22. The molecule has 0 aliphatic rings. The van der Waals surface area contributed by atoms with Crippen molar-refractivity contribution >= 4 is 0 Å². The van der Waals surface area contributed by atoms with Gasteiger partial charge in [0.2, 0.25) is 0 Å². The fraction of sp³-hybridized carbons (Fsp3) is 0.667. The van der Waals surface area contributed by atoms with Gasteiger partial charge in [-0.05, 0) is 24.3 Å². The van der Waals surface area contributed by atoms with Crippen LogP contribution in [0.3, 0.4) is 0 Å². The molecule has 0 bridgehead atoms. The first-order valence-electron chi connectivity index (χ1n) is 7.78. The number of nitrogens with one attached hydrogen (secondary N) is 1. The Balaban J connectivity index is 2.54. The van der Waals surface area contributed by atoms with Crippen molar-refractivity contribution in [1.82, 2.24) is 5.32 Å². The van der Waals surface area contributed by atoms with Crippen molar-refractivity contribution < 1.29 is 0 Å². The van der Waals surface area contributed by atoms with E-state index in [0.29, 0.717) is 6.04 Å². The summed E-state index contributed by atoms with van der Waals surface area (Å²) in [6, 6.07) is 11.5. The fourth-order valence-corrected chi connectivity index (χ4v) is 2.44. The van der Waals surface area contributed by atoms with Crippen LogP contribution < -0.4 is 5.32 Å².